The Morgan fingerprint density at radius 3 is 2.67 bits per heavy atom. The Morgan fingerprint density at radius 2 is 2.00 bits per heavy atom. The summed E-state index contributed by atoms with van der Waals surface area (Å²) < 4.78 is 0. The number of benzene rings is 1. The number of nitrogens with one attached hydrogen (secondary N) is 2. The van der Waals surface area contributed by atoms with Gasteiger partial charge in [0.1, 0.15) is 0 Å². The van der Waals surface area contributed by atoms with Crippen LogP contribution in [0, 0.1) is 0 Å². The third-order valence-corrected chi connectivity index (χ3v) is 4.19. The second-order valence-electron chi connectivity index (χ2n) is 5.74. The van der Waals surface area contributed by atoms with Crippen LogP contribution in [0.2, 0.25) is 0 Å². The van der Waals surface area contributed by atoms with Gasteiger partial charge in [-0.3, -0.25) is 4.79 Å². The van der Waals surface area contributed by atoms with Gasteiger partial charge in [-0.05, 0) is 37.9 Å². The summed E-state index contributed by atoms with van der Waals surface area (Å²) in [7, 11) is 1.85. The van der Waals surface area contributed by atoms with E-state index in [-0.39, 0.29) is 5.91 Å². The van der Waals surface area contributed by atoms with Gasteiger partial charge in [-0.15, -0.1) is 0 Å². The Hall–Kier alpha value is -1.55. The van der Waals surface area contributed by atoms with Gasteiger partial charge in [-0.2, -0.15) is 0 Å². The molecular weight excluding hydrogens is 262 g/mol. The van der Waals surface area contributed by atoms with Crippen LogP contribution >= 0.6 is 0 Å². The molecule has 1 aliphatic heterocycles. The second-order valence-corrected chi connectivity index (χ2v) is 5.74. The van der Waals surface area contributed by atoms with E-state index in [9.17, 15) is 4.79 Å². The number of hydrogen-bond donors (Lipinski definition) is 2. The Morgan fingerprint density at radius 1 is 1.29 bits per heavy atom. The van der Waals surface area contributed by atoms with Crippen molar-refractivity contribution in [1.29, 1.82) is 0 Å². The number of rotatable bonds is 6. The van der Waals surface area contributed by atoms with Crippen LogP contribution in [0.15, 0.2) is 24.3 Å². The molecule has 1 aromatic rings. The van der Waals surface area contributed by atoms with Crippen LogP contribution in [0.3, 0.4) is 0 Å². The number of para-hydroxylation sites is 1. The topological polar surface area (TPSA) is 44.4 Å². The molecule has 0 saturated carbocycles. The van der Waals surface area contributed by atoms with Crippen molar-refractivity contribution in [3.63, 3.8) is 0 Å². The molecule has 0 spiro atoms. The zero-order valence-electron chi connectivity index (χ0n) is 13.2. The van der Waals surface area contributed by atoms with Gasteiger partial charge in [0, 0.05) is 31.9 Å². The number of carbonyl (C=O) groups is 1. The third kappa shape index (κ3) is 4.46. The van der Waals surface area contributed by atoms with Crippen LogP contribution in [-0.4, -0.2) is 43.5 Å². The van der Waals surface area contributed by atoms with Gasteiger partial charge < -0.3 is 15.5 Å². The smallest absolute Gasteiger partial charge is 0.253 e. The minimum atomic E-state index is 0.0342. The van der Waals surface area contributed by atoms with Gasteiger partial charge in [0.05, 0.1) is 5.56 Å². The van der Waals surface area contributed by atoms with Gasteiger partial charge in [-0.1, -0.05) is 25.5 Å². The summed E-state index contributed by atoms with van der Waals surface area (Å²) in [6.07, 6.45) is 4.62. The monoisotopic (exact) mass is 289 g/mol. The molecule has 0 aromatic heterocycles. The molecule has 0 aliphatic carbocycles. The highest BCUT2D eigenvalue weighted by molar-refractivity contribution is 5.99. The molecule has 1 aliphatic rings. The zero-order chi connectivity index (χ0) is 15.1. The number of anilines is 1. The van der Waals surface area contributed by atoms with E-state index in [0.29, 0.717) is 6.04 Å². The summed E-state index contributed by atoms with van der Waals surface area (Å²) in [4.78, 5) is 14.9. The average molecular weight is 289 g/mol. The summed E-state index contributed by atoms with van der Waals surface area (Å²) in [5.41, 5.74) is 1.61. The molecule has 2 rings (SSSR count). The normalized spacial score (nSPS) is 16.7. The second kappa shape index (κ2) is 8.03. The van der Waals surface area contributed by atoms with E-state index in [0.717, 1.165) is 37.2 Å². The molecular formula is C17H27N3O. The lowest BCUT2D eigenvalue weighted by Crippen LogP contribution is -2.44. The SMILES string of the molecule is CCCCN1CCC(NC(=O)c2ccccc2NC)CC1. The van der Waals surface area contributed by atoms with Crippen molar-refractivity contribution >= 4 is 11.6 Å². The van der Waals surface area contributed by atoms with Crippen molar-refractivity contribution in [1.82, 2.24) is 10.2 Å². The van der Waals surface area contributed by atoms with Crippen LogP contribution < -0.4 is 10.6 Å². The Balaban J connectivity index is 1.84. The fraction of sp³-hybridized carbons (Fsp3) is 0.588. The molecule has 0 unspecified atom stereocenters. The summed E-state index contributed by atoms with van der Waals surface area (Å²) in [5.74, 6) is 0.0342. The van der Waals surface area contributed by atoms with Crippen LogP contribution in [0.4, 0.5) is 5.69 Å². The first-order valence-electron chi connectivity index (χ1n) is 8.04. The van der Waals surface area contributed by atoms with Crippen LogP contribution in [-0.2, 0) is 0 Å². The highest BCUT2D eigenvalue weighted by atomic mass is 16.1. The van der Waals surface area contributed by atoms with E-state index >= 15 is 0 Å². The van der Waals surface area contributed by atoms with E-state index in [1.807, 2.05) is 31.3 Å². The van der Waals surface area contributed by atoms with Crippen LogP contribution in [0.5, 0.6) is 0 Å². The maximum atomic E-state index is 12.4. The van der Waals surface area contributed by atoms with Gasteiger partial charge in [0.15, 0.2) is 0 Å². The molecule has 0 bridgehead atoms. The Kier molecular flexibility index (Phi) is 6.05. The largest absolute Gasteiger partial charge is 0.387 e. The van der Waals surface area contributed by atoms with Gasteiger partial charge in [-0.25, -0.2) is 0 Å². The predicted octanol–water partition coefficient (Wildman–Crippen LogP) is 2.72. The number of nitrogens with zero attached hydrogens (tertiary/aromatic N) is 1. The molecule has 4 heteroatoms. The number of carbonyl (C=O) groups excluding carboxylic acids is 1. The number of piperidine rings is 1. The lowest BCUT2D eigenvalue weighted by molar-refractivity contribution is 0.0911. The molecule has 1 saturated heterocycles. The standard InChI is InChI=1S/C17H27N3O/c1-3-4-11-20-12-9-14(10-13-20)19-17(21)15-7-5-6-8-16(15)18-2/h5-8,14,18H,3-4,9-13H2,1-2H3,(H,19,21). The van der Waals surface area contributed by atoms with Crippen molar-refractivity contribution in [2.24, 2.45) is 0 Å². The molecule has 4 nitrogen and oxygen atoms in total. The maximum absolute atomic E-state index is 12.4. The van der Waals surface area contributed by atoms with E-state index in [4.69, 9.17) is 0 Å². The minimum Gasteiger partial charge on any atom is -0.387 e. The highest BCUT2D eigenvalue weighted by Crippen LogP contribution is 2.16. The molecule has 21 heavy (non-hydrogen) atoms. The number of hydrogen-bond acceptors (Lipinski definition) is 3. The fourth-order valence-electron chi connectivity index (χ4n) is 2.84. The van der Waals surface area contributed by atoms with Gasteiger partial charge in [0.2, 0.25) is 0 Å². The minimum absolute atomic E-state index is 0.0342. The molecule has 1 heterocycles. The van der Waals surface area contributed by atoms with E-state index in [1.165, 1.54) is 19.4 Å². The first-order chi connectivity index (χ1) is 10.2. The fourth-order valence-corrected chi connectivity index (χ4v) is 2.84. The highest BCUT2D eigenvalue weighted by Gasteiger charge is 2.21. The van der Waals surface area contributed by atoms with E-state index in [1.54, 1.807) is 0 Å². The number of likely N-dealkylation sites (tertiary alicyclic amines) is 1. The number of unbranched alkanes of at least 4 members (excludes halogenated alkanes) is 1. The van der Waals surface area contributed by atoms with E-state index < -0.39 is 0 Å². The molecule has 116 valence electrons. The summed E-state index contributed by atoms with van der Waals surface area (Å²) >= 11 is 0. The molecule has 0 radical (unpaired) electrons. The summed E-state index contributed by atoms with van der Waals surface area (Å²) in [5, 5.41) is 6.26. The lowest BCUT2D eigenvalue weighted by atomic mass is 10.0. The quantitative estimate of drug-likeness (QED) is 0.846. The maximum Gasteiger partial charge on any atom is 0.253 e. The van der Waals surface area contributed by atoms with Gasteiger partial charge >= 0.3 is 0 Å². The first-order valence-corrected chi connectivity index (χ1v) is 8.04. The van der Waals surface area contributed by atoms with Crippen molar-refractivity contribution in [2.75, 3.05) is 32.0 Å². The Bertz CT molecular complexity index is 453. The average Bonchev–Trinajstić information content (AvgIpc) is 2.54. The van der Waals surface area contributed by atoms with Crippen LogP contribution in [0.1, 0.15) is 43.0 Å². The molecule has 2 N–H and O–H groups in total. The predicted molar refractivity (Wildman–Crippen MR) is 87.8 cm³/mol. The summed E-state index contributed by atoms with van der Waals surface area (Å²) in [6.45, 7) is 5.61. The van der Waals surface area contributed by atoms with Crippen molar-refractivity contribution in [2.45, 2.75) is 38.6 Å². The molecule has 1 fully saturated rings. The van der Waals surface area contributed by atoms with Crippen molar-refractivity contribution in [3.05, 3.63) is 29.8 Å². The van der Waals surface area contributed by atoms with E-state index in [2.05, 4.69) is 22.5 Å². The van der Waals surface area contributed by atoms with Gasteiger partial charge in [0.25, 0.3) is 5.91 Å². The zero-order valence-corrected chi connectivity index (χ0v) is 13.2. The third-order valence-electron chi connectivity index (χ3n) is 4.19. The summed E-state index contributed by atoms with van der Waals surface area (Å²) in [6, 6.07) is 7.96. The first kappa shape index (κ1) is 15.8. The molecule has 1 amide bonds. The Labute approximate surface area is 127 Å². The van der Waals surface area contributed by atoms with Crippen molar-refractivity contribution in [3.8, 4) is 0 Å². The molecule has 0 atom stereocenters. The van der Waals surface area contributed by atoms with Crippen molar-refractivity contribution < 1.29 is 4.79 Å². The molecule has 1 aromatic carbocycles. The number of amides is 1. The van der Waals surface area contributed by atoms with Crippen LogP contribution in [0.25, 0.3) is 0 Å². The lowest BCUT2D eigenvalue weighted by Gasteiger charge is -2.32.